The molecule has 3 aromatic rings. The molecule has 0 saturated heterocycles. The normalized spacial score (nSPS) is 12.0. The van der Waals surface area contributed by atoms with E-state index in [4.69, 9.17) is 23.2 Å². The van der Waals surface area contributed by atoms with Gasteiger partial charge < -0.3 is 10.2 Å². The zero-order valence-electron chi connectivity index (χ0n) is 23.9. The van der Waals surface area contributed by atoms with E-state index in [0.29, 0.717) is 27.8 Å². The minimum Gasteiger partial charge on any atom is -0.354 e. The molecule has 0 aromatic heterocycles. The van der Waals surface area contributed by atoms with Crippen LogP contribution in [0.15, 0.2) is 66.7 Å². The molecule has 2 amide bonds. The molecular weight excluding hydrogens is 581 g/mol. The lowest BCUT2D eigenvalue weighted by atomic mass is 10.0. The molecule has 41 heavy (non-hydrogen) atoms. The molecule has 0 fully saturated rings. The van der Waals surface area contributed by atoms with Crippen LogP contribution in [0.4, 0.5) is 5.69 Å². The largest absolute Gasteiger partial charge is 0.354 e. The minimum atomic E-state index is -3.85. The van der Waals surface area contributed by atoms with Gasteiger partial charge in [-0.1, -0.05) is 79.0 Å². The lowest BCUT2D eigenvalue weighted by molar-refractivity contribution is -0.140. The predicted octanol–water partition coefficient (Wildman–Crippen LogP) is 5.93. The van der Waals surface area contributed by atoms with E-state index in [-0.39, 0.29) is 18.9 Å². The molecule has 1 unspecified atom stereocenters. The van der Waals surface area contributed by atoms with Gasteiger partial charge in [0.25, 0.3) is 0 Å². The number of hydrogen-bond donors (Lipinski definition) is 1. The maximum absolute atomic E-state index is 14.2. The summed E-state index contributed by atoms with van der Waals surface area (Å²) >= 11 is 13.0. The molecule has 0 saturated carbocycles. The van der Waals surface area contributed by atoms with E-state index in [1.807, 2.05) is 57.2 Å². The minimum absolute atomic E-state index is 0.0828. The van der Waals surface area contributed by atoms with Gasteiger partial charge in [-0.2, -0.15) is 0 Å². The van der Waals surface area contributed by atoms with Crippen LogP contribution in [0, 0.1) is 13.8 Å². The Kier molecular flexibility index (Phi) is 11.6. The van der Waals surface area contributed by atoms with Crippen molar-refractivity contribution < 1.29 is 18.0 Å². The number of hydrogen-bond acceptors (Lipinski definition) is 4. The van der Waals surface area contributed by atoms with Crippen LogP contribution in [0.3, 0.4) is 0 Å². The number of halogens is 2. The third kappa shape index (κ3) is 8.96. The molecule has 0 spiro atoms. The molecule has 1 N–H and O–H groups in total. The molecule has 7 nitrogen and oxygen atoms in total. The highest BCUT2D eigenvalue weighted by Gasteiger charge is 2.33. The van der Waals surface area contributed by atoms with Crippen molar-refractivity contribution in [3.8, 4) is 0 Å². The number of aryl methyl sites for hydroxylation is 2. The summed E-state index contributed by atoms with van der Waals surface area (Å²) in [5.74, 6) is -0.896. The molecule has 3 rings (SSSR count). The second-order valence-electron chi connectivity index (χ2n) is 10.1. The van der Waals surface area contributed by atoms with Crippen molar-refractivity contribution in [1.82, 2.24) is 10.2 Å². The monoisotopic (exact) mass is 617 g/mol. The molecular formula is C31H37Cl2N3O4S. The Bertz CT molecular complexity index is 1450. The first-order chi connectivity index (χ1) is 19.4. The number of unbranched alkanes of at least 4 members (excludes halogenated alkanes) is 1. The summed E-state index contributed by atoms with van der Waals surface area (Å²) in [5, 5.41) is 3.64. The zero-order valence-corrected chi connectivity index (χ0v) is 26.2. The van der Waals surface area contributed by atoms with Crippen molar-refractivity contribution in [2.75, 3.05) is 23.7 Å². The number of carbonyl (C=O) groups excluding carboxylic acids is 2. The molecule has 10 heteroatoms. The van der Waals surface area contributed by atoms with Gasteiger partial charge in [0.2, 0.25) is 21.8 Å². The number of nitrogens with zero attached hydrogens (tertiary/aromatic N) is 2. The Morgan fingerprint density at radius 1 is 0.927 bits per heavy atom. The zero-order chi connectivity index (χ0) is 30.2. The number of sulfonamides is 1. The molecule has 0 aliphatic carbocycles. The quantitative estimate of drug-likeness (QED) is 0.241. The van der Waals surface area contributed by atoms with Crippen molar-refractivity contribution in [2.24, 2.45) is 0 Å². The summed E-state index contributed by atoms with van der Waals surface area (Å²) in [6, 6.07) is 18.7. The van der Waals surface area contributed by atoms with Crippen LogP contribution < -0.4 is 9.62 Å². The highest BCUT2D eigenvalue weighted by molar-refractivity contribution is 7.92. The number of anilines is 1. The van der Waals surface area contributed by atoms with Crippen LogP contribution in [0.5, 0.6) is 0 Å². The molecule has 1 atom stereocenters. The Hall–Kier alpha value is -3.07. The van der Waals surface area contributed by atoms with E-state index >= 15 is 0 Å². The van der Waals surface area contributed by atoms with E-state index in [0.717, 1.165) is 40.1 Å². The van der Waals surface area contributed by atoms with Crippen LogP contribution >= 0.6 is 23.2 Å². The van der Waals surface area contributed by atoms with Crippen molar-refractivity contribution >= 4 is 50.7 Å². The van der Waals surface area contributed by atoms with Gasteiger partial charge in [0.15, 0.2) is 0 Å². The highest BCUT2D eigenvalue weighted by atomic mass is 35.5. The highest BCUT2D eigenvalue weighted by Crippen LogP contribution is 2.28. The summed E-state index contributed by atoms with van der Waals surface area (Å²) in [6.07, 6.45) is 2.95. The third-order valence-corrected chi connectivity index (χ3v) is 8.80. The topological polar surface area (TPSA) is 86.8 Å². The average Bonchev–Trinajstić information content (AvgIpc) is 2.92. The first-order valence-corrected chi connectivity index (χ1v) is 16.1. The van der Waals surface area contributed by atoms with E-state index in [2.05, 4.69) is 5.32 Å². The Morgan fingerprint density at radius 3 is 2.17 bits per heavy atom. The van der Waals surface area contributed by atoms with E-state index in [1.165, 1.54) is 4.90 Å². The van der Waals surface area contributed by atoms with E-state index < -0.39 is 28.5 Å². The number of nitrogens with one attached hydrogen (secondary N) is 1. The molecule has 0 bridgehead atoms. The SMILES string of the molecule is CCCCNC(=O)C(Cc1ccccc1)N(Cc1c(Cl)cccc1Cl)C(=O)CN(c1ccc(C)c(C)c1)S(C)(=O)=O. The standard InChI is InChI=1S/C31H37Cl2N3O4S/c1-5-6-17-34-31(38)29(19-24-11-8-7-9-12-24)35(20-26-27(32)13-10-14-28(26)33)30(37)21-36(41(4,39)40)25-16-15-22(2)23(3)18-25/h7-16,18,29H,5-6,17,19-21H2,1-4H3,(H,34,38). The maximum Gasteiger partial charge on any atom is 0.244 e. The van der Waals surface area contributed by atoms with Crippen molar-refractivity contribution in [3.63, 3.8) is 0 Å². The summed E-state index contributed by atoms with van der Waals surface area (Å²) in [5.41, 5.74) is 3.57. The number of carbonyl (C=O) groups is 2. The fourth-order valence-electron chi connectivity index (χ4n) is 4.41. The van der Waals surface area contributed by atoms with Gasteiger partial charge in [-0.15, -0.1) is 0 Å². The van der Waals surface area contributed by atoms with Crippen LogP contribution in [0.1, 0.15) is 42.0 Å². The molecule has 3 aromatic carbocycles. The van der Waals surface area contributed by atoms with Gasteiger partial charge in [-0.05, 0) is 61.2 Å². The van der Waals surface area contributed by atoms with Gasteiger partial charge in [-0.3, -0.25) is 13.9 Å². The fraction of sp³-hybridized carbons (Fsp3) is 0.355. The lowest BCUT2D eigenvalue weighted by Crippen LogP contribution is -2.53. The Labute approximate surface area is 253 Å². The first-order valence-electron chi connectivity index (χ1n) is 13.5. The third-order valence-electron chi connectivity index (χ3n) is 6.95. The van der Waals surface area contributed by atoms with Gasteiger partial charge in [0, 0.05) is 35.1 Å². The van der Waals surface area contributed by atoms with Gasteiger partial charge in [0.05, 0.1) is 11.9 Å². The fourth-order valence-corrected chi connectivity index (χ4v) is 5.77. The summed E-state index contributed by atoms with van der Waals surface area (Å²) < 4.78 is 27.0. The Balaban J connectivity index is 2.09. The summed E-state index contributed by atoms with van der Waals surface area (Å²) in [6.45, 7) is 5.69. The van der Waals surface area contributed by atoms with Crippen molar-refractivity contribution in [2.45, 2.75) is 52.6 Å². The van der Waals surface area contributed by atoms with Gasteiger partial charge in [0.1, 0.15) is 12.6 Å². The molecule has 0 radical (unpaired) electrons. The average molecular weight is 619 g/mol. The maximum atomic E-state index is 14.2. The second-order valence-corrected chi connectivity index (χ2v) is 12.8. The smallest absolute Gasteiger partial charge is 0.244 e. The van der Waals surface area contributed by atoms with E-state index in [9.17, 15) is 18.0 Å². The van der Waals surface area contributed by atoms with Crippen molar-refractivity contribution in [3.05, 3.63) is 99.0 Å². The van der Waals surface area contributed by atoms with Crippen LogP contribution in [0.2, 0.25) is 10.0 Å². The lowest BCUT2D eigenvalue weighted by Gasteiger charge is -2.34. The van der Waals surface area contributed by atoms with Crippen molar-refractivity contribution in [1.29, 1.82) is 0 Å². The summed E-state index contributed by atoms with van der Waals surface area (Å²) in [4.78, 5) is 29.2. The Morgan fingerprint density at radius 2 is 1.59 bits per heavy atom. The predicted molar refractivity (Wildman–Crippen MR) is 167 cm³/mol. The first kappa shape index (κ1) is 32.4. The van der Waals surface area contributed by atoms with Gasteiger partial charge >= 0.3 is 0 Å². The number of rotatable bonds is 13. The molecule has 0 aliphatic rings. The number of amides is 2. The second kappa shape index (κ2) is 14.7. The van der Waals surface area contributed by atoms with Crippen LogP contribution in [-0.4, -0.2) is 50.5 Å². The molecule has 220 valence electrons. The van der Waals surface area contributed by atoms with E-state index in [1.54, 1.807) is 30.3 Å². The molecule has 0 aliphatic heterocycles. The number of benzene rings is 3. The van der Waals surface area contributed by atoms with Crippen LogP contribution in [-0.2, 0) is 32.6 Å². The molecule has 0 heterocycles. The van der Waals surface area contributed by atoms with Crippen LogP contribution in [0.25, 0.3) is 0 Å². The van der Waals surface area contributed by atoms with Gasteiger partial charge in [-0.25, -0.2) is 8.42 Å². The summed E-state index contributed by atoms with van der Waals surface area (Å²) in [7, 11) is -3.85.